The van der Waals surface area contributed by atoms with Crippen molar-refractivity contribution >= 4 is 27.7 Å². The lowest BCUT2D eigenvalue weighted by molar-refractivity contribution is 0.101. The van der Waals surface area contributed by atoms with E-state index in [1.807, 2.05) is 68.4 Å². The van der Waals surface area contributed by atoms with E-state index in [0.29, 0.717) is 27.7 Å². The van der Waals surface area contributed by atoms with Gasteiger partial charge in [-0.3, -0.25) is 4.79 Å². The van der Waals surface area contributed by atoms with E-state index in [1.165, 1.54) is 6.07 Å². The van der Waals surface area contributed by atoms with Crippen molar-refractivity contribution in [1.82, 2.24) is 0 Å². The van der Waals surface area contributed by atoms with Gasteiger partial charge in [0.15, 0.2) is 5.76 Å². The third kappa shape index (κ3) is 2.77. The summed E-state index contributed by atoms with van der Waals surface area (Å²) < 4.78 is 11.8. The Kier molecular flexibility index (Phi) is 4.14. The number of furan rings is 1. The van der Waals surface area contributed by atoms with Gasteiger partial charge in [-0.25, -0.2) is 4.79 Å². The zero-order chi connectivity index (χ0) is 20.8. The number of hydrogen-bond acceptors (Lipinski definition) is 4. The van der Waals surface area contributed by atoms with E-state index in [4.69, 9.17) is 8.83 Å². The van der Waals surface area contributed by atoms with Crippen LogP contribution in [0.15, 0.2) is 86.4 Å². The number of fused-ring (bicyclic) bond motifs is 3. The van der Waals surface area contributed by atoms with Crippen LogP contribution in [0.4, 0.5) is 0 Å². The molecule has 0 atom stereocenters. The third-order valence-corrected chi connectivity index (χ3v) is 5.37. The lowest BCUT2D eigenvalue weighted by atomic mass is 9.95. The molecule has 2 heterocycles. The van der Waals surface area contributed by atoms with Gasteiger partial charge >= 0.3 is 5.63 Å². The van der Waals surface area contributed by atoms with E-state index in [0.717, 1.165) is 22.1 Å². The highest BCUT2D eigenvalue weighted by Gasteiger charge is 2.26. The van der Waals surface area contributed by atoms with Gasteiger partial charge in [-0.05, 0) is 36.6 Å². The summed E-state index contributed by atoms with van der Waals surface area (Å²) in [7, 11) is 0. The molecule has 0 saturated carbocycles. The molecule has 2 aromatic heterocycles. The van der Waals surface area contributed by atoms with Crippen LogP contribution >= 0.6 is 0 Å². The minimum atomic E-state index is -0.429. The summed E-state index contributed by atoms with van der Waals surface area (Å²) in [5.74, 6) is 0.0235. The SMILES string of the molecule is Cc1cc(=O)oc2c1cc(C)c1oc(C(=O)c3ccccc3)c(-c3ccccc3)c12. The first-order chi connectivity index (χ1) is 14.5. The van der Waals surface area contributed by atoms with Gasteiger partial charge in [-0.15, -0.1) is 0 Å². The fourth-order valence-corrected chi connectivity index (χ4v) is 3.95. The second kappa shape index (κ2) is 6.85. The molecule has 0 radical (unpaired) electrons. The number of rotatable bonds is 3. The van der Waals surface area contributed by atoms with Crippen molar-refractivity contribution < 1.29 is 13.6 Å². The Hall–Kier alpha value is -3.92. The number of benzene rings is 3. The van der Waals surface area contributed by atoms with Crippen LogP contribution < -0.4 is 5.63 Å². The molecule has 0 aliphatic heterocycles. The molecule has 0 aliphatic carbocycles. The lowest BCUT2D eigenvalue weighted by Gasteiger charge is -2.06. The minimum Gasteiger partial charge on any atom is -0.451 e. The normalized spacial score (nSPS) is 11.3. The van der Waals surface area contributed by atoms with Gasteiger partial charge in [-0.2, -0.15) is 0 Å². The Morgan fingerprint density at radius 3 is 2.13 bits per heavy atom. The zero-order valence-corrected chi connectivity index (χ0v) is 16.6. The maximum absolute atomic E-state index is 13.4. The maximum Gasteiger partial charge on any atom is 0.336 e. The molecule has 0 aliphatic rings. The van der Waals surface area contributed by atoms with Gasteiger partial charge in [0.25, 0.3) is 0 Å². The number of carbonyl (C=O) groups is 1. The lowest BCUT2D eigenvalue weighted by Crippen LogP contribution is -2.01. The van der Waals surface area contributed by atoms with Gasteiger partial charge in [0, 0.05) is 22.6 Å². The monoisotopic (exact) mass is 394 g/mol. The van der Waals surface area contributed by atoms with Gasteiger partial charge in [0.1, 0.15) is 11.2 Å². The topological polar surface area (TPSA) is 60.4 Å². The predicted octanol–water partition coefficient (Wildman–Crippen LogP) is 6.05. The van der Waals surface area contributed by atoms with Crippen LogP contribution in [0.5, 0.6) is 0 Å². The largest absolute Gasteiger partial charge is 0.451 e. The highest BCUT2D eigenvalue weighted by atomic mass is 16.4. The molecule has 0 unspecified atom stereocenters. The van der Waals surface area contributed by atoms with Crippen molar-refractivity contribution in [1.29, 1.82) is 0 Å². The van der Waals surface area contributed by atoms with E-state index < -0.39 is 5.63 Å². The van der Waals surface area contributed by atoms with E-state index in [1.54, 1.807) is 12.1 Å². The molecule has 5 aromatic rings. The molecule has 0 amide bonds. The van der Waals surface area contributed by atoms with Crippen LogP contribution in [0.3, 0.4) is 0 Å². The second-order valence-electron chi connectivity index (χ2n) is 7.39. The van der Waals surface area contributed by atoms with Crippen LogP contribution in [0, 0.1) is 13.8 Å². The third-order valence-electron chi connectivity index (χ3n) is 5.37. The Bertz CT molecular complexity index is 1470. The molecule has 0 fully saturated rings. The summed E-state index contributed by atoms with van der Waals surface area (Å²) in [6.07, 6.45) is 0. The summed E-state index contributed by atoms with van der Waals surface area (Å²) >= 11 is 0. The average molecular weight is 394 g/mol. The van der Waals surface area contributed by atoms with Gasteiger partial charge in [-0.1, -0.05) is 60.7 Å². The standard InChI is InChI=1S/C26H18O4/c1-15-14-20(27)29-25-19(15)13-16(2)24-22(25)21(17-9-5-3-6-10-17)26(30-24)23(28)18-11-7-4-8-12-18/h3-14H,1-2H3. The quantitative estimate of drug-likeness (QED) is 0.276. The molecule has 4 nitrogen and oxygen atoms in total. The Morgan fingerprint density at radius 1 is 0.767 bits per heavy atom. The fraction of sp³-hybridized carbons (Fsp3) is 0.0769. The highest BCUT2D eigenvalue weighted by Crippen LogP contribution is 2.41. The van der Waals surface area contributed by atoms with Crippen molar-refractivity contribution in [2.75, 3.05) is 0 Å². The van der Waals surface area contributed by atoms with Crippen molar-refractivity contribution in [2.45, 2.75) is 13.8 Å². The number of hydrogen-bond donors (Lipinski definition) is 0. The molecule has 0 bridgehead atoms. The van der Waals surface area contributed by atoms with E-state index in [9.17, 15) is 9.59 Å². The van der Waals surface area contributed by atoms with Crippen LogP contribution in [-0.2, 0) is 0 Å². The maximum atomic E-state index is 13.4. The molecule has 146 valence electrons. The van der Waals surface area contributed by atoms with Crippen LogP contribution in [0.1, 0.15) is 27.2 Å². The van der Waals surface area contributed by atoms with Gasteiger partial charge in [0.2, 0.25) is 5.78 Å². The predicted molar refractivity (Wildman–Crippen MR) is 117 cm³/mol. The smallest absolute Gasteiger partial charge is 0.336 e. The molecule has 5 rings (SSSR count). The molecule has 0 saturated heterocycles. The molecule has 30 heavy (non-hydrogen) atoms. The van der Waals surface area contributed by atoms with E-state index in [2.05, 4.69) is 0 Å². The van der Waals surface area contributed by atoms with Crippen molar-refractivity contribution in [3.8, 4) is 11.1 Å². The Balaban J connectivity index is 1.97. The van der Waals surface area contributed by atoms with Crippen molar-refractivity contribution in [3.05, 3.63) is 106 Å². The first-order valence-electron chi connectivity index (χ1n) is 9.70. The van der Waals surface area contributed by atoms with Crippen molar-refractivity contribution in [3.63, 3.8) is 0 Å². The number of carbonyl (C=O) groups excluding carboxylic acids is 1. The first-order valence-corrected chi connectivity index (χ1v) is 9.70. The average Bonchev–Trinajstić information content (AvgIpc) is 3.17. The molecule has 0 N–H and O–H groups in total. The molecule has 3 aromatic carbocycles. The summed E-state index contributed by atoms with van der Waals surface area (Å²) in [5, 5.41) is 1.48. The van der Waals surface area contributed by atoms with Gasteiger partial charge in [0.05, 0.1) is 5.39 Å². The molecule has 0 spiro atoms. The first kappa shape index (κ1) is 18.1. The highest BCUT2D eigenvalue weighted by molar-refractivity contribution is 6.20. The Morgan fingerprint density at radius 2 is 1.43 bits per heavy atom. The van der Waals surface area contributed by atoms with Crippen LogP contribution in [0.25, 0.3) is 33.1 Å². The number of ketones is 1. The molecular weight excluding hydrogens is 376 g/mol. The van der Waals surface area contributed by atoms with E-state index in [-0.39, 0.29) is 11.5 Å². The summed E-state index contributed by atoms with van der Waals surface area (Å²) in [5.41, 5.74) is 4.26. The van der Waals surface area contributed by atoms with Gasteiger partial charge < -0.3 is 8.83 Å². The Labute approximate surface area is 172 Å². The van der Waals surface area contributed by atoms with E-state index >= 15 is 0 Å². The summed E-state index contributed by atoms with van der Waals surface area (Å²) in [4.78, 5) is 25.6. The fourth-order valence-electron chi connectivity index (χ4n) is 3.95. The summed E-state index contributed by atoms with van der Waals surface area (Å²) in [6.45, 7) is 3.81. The molecular formula is C26H18O4. The molecule has 4 heteroatoms. The van der Waals surface area contributed by atoms with Crippen LogP contribution in [0.2, 0.25) is 0 Å². The summed E-state index contributed by atoms with van der Waals surface area (Å²) in [6, 6.07) is 22.0. The minimum absolute atomic E-state index is 0.215. The van der Waals surface area contributed by atoms with Crippen LogP contribution in [-0.4, -0.2) is 5.78 Å². The van der Waals surface area contributed by atoms with Crippen molar-refractivity contribution in [2.24, 2.45) is 0 Å². The second-order valence-corrected chi connectivity index (χ2v) is 7.39. The number of aryl methyl sites for hydroxylation is 2. The zero-order valence-electron chi connectivity index (χ0n) is 16.6.